The van der Waals surface area contributed by atoms with Crippen molar-refractivity contribution in [3.8, 4) is 29.5 Å². The van der Waals surface area contributed by atoms with Crippen molar-refractivity contribution in [2.24, 2.45) is 17.8 Å². The quantitative estimate of drug-likeness (QED) is 0.0626. The number of allylic oxidation sites excluding steroid dienone is 1. The summed E-state index contributed by atoms with van der Waals surface area (Å²) in [6, 6.07) is 10.4. The van der Waals surface area contributed by atoms with E-state index in [0.717, 1.165) is 66.6 Å². The second-order valence-electron chi connectivity index (χ2n) is 11.8. The van der Waals surface area contributed by atoms with Gasteiger partial charge in [-0.1, -0.05) is 85.1 Å². The van der Waals surface area contributed by atoms with Gasteiger partial charge < -0.3 is 31.2 Å². The number of aliphatic imine (C=N–C) groups is 1. The number of aliphatic hydroxyl groups is 1. The Morgan fingerprint density at radius 1 is 1.21 bits per heavy atom. The summed E-state index contributed by atoms with van der Waals surface area (Å²) in [4.78, 5) is 21.8. The highest BCUT2D eigenvalue weighted by Crippen LogP contribution is 2.35. The Hall–Kier alpha value is -4.10. The van der Waals surface area contributed by atoms with Gasteiger partial charge in [0.1, 0.15) is 10.8 Å². The maximum atomic E-state index is 12.4. The SMILES string of the molecule is C#CN.C/C=C\c1cc(C=NC2CC2)c(N)c(OC)c1.CC.CC.CCCC(CNC)c1cc(C(C)CC)c(C)c(-c2ccn(C)c(=O)c2Cl)n1.CO. The van der Waals surface area contributed by atoms with Gasteiger partial charge in [0.05, 0.1) is 24.5 Å². The highest BCUT2D eigenvalue weighted by atomic mass is 35.5. The highest BCUT2D eigenvalue weighted by Gasteiger charge is 2.22. The second-order valence-corrected chi connectivity index (χ2v) is 12.2. The lowest BCUT2D eigenvalue weighted by atomic mass is 9.88. The zero-order valence-corrected chi connectivity index (χ0v) is 35.6. The van der Waals surface area contributed by atoms with Crippen LogP contribution in [0.5, 0.6) is 5.75 Å². The number of halogens is 1. The van der Waals surface area contributed by atoms with Gasteiger partial charge in [0.15, 0.2) is 0 Å². The number of ether oxygens (including phenoxy) is 1. The molecule has 0 spiro atoms. The number of nitrogens with zero attached hydrogens (tertiary/aromatic N) is 3. The summed E-state index contributed by atoms with van der Waals surface area (Å²) in [6.45, 7) is 19.6. The maximum absolute atomic E-state index is 12.4. The second kappa shape index (κ2) is 29.4. The molecule has 0 bridgehead atoms. The zero-order valence-electron chi connectivity index (χ0n) is 34.8. The normalized spacial score (nSPS) is 12.5. The van der Waals surface area contributed by atoms with E-state index in [-0.39, 0.29) is 10.6 Å². The first-order valence-electron chi connectivity index (χ1n) is 18.8. The average Bonchev–Trinajstić information content (AvgIpc) is 4.02. The third kappa shape index (κ3) is 16.6. The molecule has 0 saturated heterocycles. The van der Waals surface area contributed by atoms with Gasteiger partial charge in [0.2, 0.25) is 0 Å². The number of rotatable bonds is 12. The van der Waals surface area contributed by atoms with Crippen molar-refractivity contribution in [3.63, 3.8) is 0 Å². The van der Waals surface area contributed by atoms with Gasteiger partial charge in [-0.3, -0.25) is 14.8 Å². The van der Waals surface area contributed by atoms with Crippen LogP contribution in [-0.4, -0.2) is 54.7 Å². The standard InChI is InChI=1S/C22H32ClN3O.C14H18N2O.C2H3N.2C2H6.CH4O/c1-7-9-16(13-24-5)19-12-18(14(3)8-2)15(4)21(25-19)17-10-11-26(6)22(27)20(17)23;1-3-4-10-7-11(9-16-12-5-6-12)14(15)13(8-10)17-2;1-2-3;3*1-2/h10-12,14,16,24H,7-9,13H2,1-6H3;3-4,7-9,12H,5-6,15H2,1-2H3;1H,3H2;2*1-2H3;2H,1H3/b;4-3-,16-9?;;;;. The van der Waals surface area contributed by atoms with E-state index in [1.165, 1.54) is 23.0 Å². The molecule has 0 amide bonds. The fraction of sp³-hybridized carbons (Fsp3) is 0.512. The molecule has 1 fully saturated rings. The topological polar surface area (TPSA) is 141 Å². The van der Waals surface area contributed by atoms with Gasteiger partial charge in [0, 0.05) is 55.9 Å². The molecule has 1 aliphatic carbocycles. The molecule has 10 heteroatoms. The number of aryl methyl sites for hydroxylation is 1. The molecule has 4 rings (SSSR count). The Bertz CT molecular complexity index is 1620. The number of likely N-dealkylation sites (N-methyl/N-ethyl adjacent to an activating group) is 1. The Morgan fingerprint density at radius 2 is 1.81 bits per heavy atom. The molecule has 0 aliphatic heterocycles. The lowest BCUT2D eigenvalue weighted by Crippen LogP contribution is -2.20. The van der Waals surface area contributed by atoms with Crippen molar-refractivity contribution in [2.45, 2.75) is 112 Å². The summed E-state index contributed by atoms with van der Waals surface area (Å²) < 4.78 is 6.78. The van der Waals surface area contributed by atoms with Crippen LogP contribution in [0.4, 0.5) is 5.69 Å². The Balaban J connectivity index is 0. The smallest absolute Gasteiger partial charge is 0.269 e. The predicted octanol–water partition coefficient (Wildman–Crippen LogP) is 9.11. The monoisotopic (exact) mass is 753 g/mol. The van der Waals surface area contributed by atoms with Crippen LogP contribution in [0.15, 0.2) is 46.3 Å². The number of aliphatic hydroxyl groups excluding tert-OH is 1. The van der Waals surface area contributed by atoms with Gasteiger partial charge in [-0.15, -0.1) is 0 Å². The largest absolute Gasteiger partial charge is 0.495 e. The molecule has 3 aromatic rings. The molecule has 9 nitrogen and oxygen atoms in total. The first-order chi connectivity index (χ1) is 25.5. The molecule has 2 heterocycles. The third-order valence-electron chi connectivity index (χ3n) is 8.19. The number of aromatic nitrogens is 2. The van der Waals surface area contributed by atoms with E-state index in [0.29, 0.717) is 29.3 Å². The average molecular weight is 754 g/mol. The fourth-order valence-corrected chi connectivity index (χ4v) is 5.51. The van der Waals surface area contributed by atoms with E-state index in [1.807, 2.05) is 78.2 Å². The molecule has 1 saturated carbocycles. The molecule has 53 heavy (non-hydrogen) atoms. The Kier molecular flexibility index (Phi) is 28.3. The van der Waals surface area contributed by atoms with Crippen molar-refractivity contribution in [1.29, 1.82) is 0 Å². The van der Waals surface area contributed by atoms with E-state index in [4.69, 9.17) is 32.2 Å². The predicted molar refractivity (Wildman–Crippen MR) is 232 cm³/mol. The third-order valence-corrected chi connectivity index (χ3v) is 8.56. The maximum Gasteiger partial charge on any atom is 0.269 e. The van der Waals surface area contributed by atoms with Gasteiger partial charge in [0.25, 0.3) is 5.56 Å². The number of anilines is 1. The van der Waals surface area contributed by atoms with Crippen LogP contribution >= 0.6 is 11.6 Å². The van der Waals surface area contributed by atoms with Gasteiger partial charge >= 0.3 is 0 Å². The number of methoxy groups -OCH3 is 1. The van der Waals surface area contributed by atoms with Crippen molar-refractivity contribution in [1.82, 2.24) is 14.9 Å². The minimum atomic E-state index is -0.189. The number of nitrogen functional groups attached to an aromatic ring is 1. The van der Waals surface area contributed by atoms with E-state index in [9.17, 15) is 4.79 Å². The number of nitrogens with one attached hydrogen (secondary N) is 1. The lowest BCUT2D eigenvalue weighted by Gasteiger charge is -2.22. The number of hydrogen-bond acceptors (Lipinski definition) is 8. The lowest BCUT2D eigenvalue weighted by molar-refractivity contribution is 0.399. The molecule has 1 aromatic carbocycles. The van der Waals surface area contributed by atoms with Crippen molar-refractivity contribution in [3.05, 3.63) is 79.9 Å². The number of pyridine rings is 2. The van der Waals surface area contributed by atoms with E-state index in [2.05, 4.69) is 56.2 Å². The van der Waals surface area contributed by atoms with Crippen molar-refractivity contribution >= 4 is 29.6 Å². The number of nitrogens with two attached hydrogens (primary N) is 2. The highest BCUT2D eigenvalue weighted by molar-refractivity contribution is 6.33. The minimum Gasteiger partial charge on any atom is -0.495 e. The van der Waals surface area contributed by atoms with Gasteiger partial charge in [-0.2, -0.15) is 0 Å². The summed E-state index contributed by atoms with van der Waals surface area (Å²) in [5, 5.41) is 10.5. The van der Waals surface area contributed by atoms with Crippen molar-refractivity contribution in [2.75, 3.05) is 33.5 Å². The van der Waals surface area contributed by atoms with Gasteiger partial charge in [-0.05, 0) is 99.5 Å². The van der Waals surface area contributed by atoms with Crippen LogP contribution in [0.3, 0.4) is 0 Å². The molecule has 6 N–H and O–H groups in total. The van der Waals surface area contributed by atoms with E-state index >= 15 is 0 Å². The van der Waals surface area contributed by atoms with Gasteiger partial charge in [-0.25, -0.2) is 0 Å². The summed E-state index contributed by atoms with van der Waals surface area (Å²) in [7, 11) is 6.32. The molecule has 2 unspecified atom stereocenters. The number of hydrogen-bond donors (Lipinski definition) is 4. The molecule has 2 aromatic heterocycles. The van der Waals surface area contributed by atoms with Crippen LogP contribution in [0.2, 0.25) is 5.02 Å². The molecule has 0 radical (unpaired) electrons. The summed E-state index contributed by atoms with van der Waals surface area (Å²) in [6.07, 6.45) is 17.6. The van der Waals surface area contributed by atoms with Crippen LogP contribution in [0, 0.1) is 19.4 Å². The number of benzene rings is 1. The van der Waals surface area contributed by atoms with Crippen molar-refractivity contribution < 1.29 is 9.84 Å². The number of terminal acetylenes is 1. The molecular weight excluding hydrogens is 684 g/mol. The molecule has 296 valence electrons. The Labute approximate surface area is 326 Å². The first-order valence-corrected chi connectivity index (χ1v) is 19.1. The van der Waals surface area contributed by atoms with E-state index < -0.39 is 0 Å². The van der Waals surface area contributed by atoms with Crippen LogP contribution < -0.4 is 27.1 Å². The summed E-state index contributed by atoms with van der Waals surface area (Å²) in [5.74, 6) is 1.47. The fourth-order valence-electron chi connectivity index (χ4n) is 5.23. The van der Waals surface area contributed by atoms with Crippen LogP contribution in [-0.2, 0) is 7.05 Å². The molecule has 1 aliphatic rings. The Morgan fingerprint density at radius 3 is 2.30 bits per heavy atom. The van der Waals surface area contributed by atoms with Crippen LogP contribution in [0.1, 0.15) is 127 Å². The van der Waals surface area contributed by atoms with Crippen LogP contribution in [0.25, 0.3) is 17.3 Å². The minimum absolute atomic E-state index is 0.189. The molecular formula is C43H69ClN6O3. The van der Waals surface area contributed by atoms with E-state index in [1.54, 1.807) is 26.4 Å². The summed E-state index contributed by atoms with van der Waals surface area (Å²) >= 11 is 6.44. The first kappa shape index (κ1) is 51.0. The summed E-state index contributed by atoms with van der Waals surface area (Å²) in [5.41, 5.74) is 17.9. The molecule has 2 atom stereocenters. The zero-order chi connectivity index (χ0) is 41.1.